The number of nitrogens with zero attached hydrogens (tertiary/aromatic N) is 1. The monoisotopic (exact) mass is 398 g/mol. The Morgan fingerprint density at radius 3 is 2.34 bits per heavy atom. The molecule has 1 heterocycles. The number of Topliss-reactive ketones (excluding diaryl/α,β-unsaturated/α-hetero) is 1. The predicted octanol–water partition coefficient (Wildman–Crippen LogP) is 3.35. The van der Waals surface area contributed by atoms with Gasteiger partial charge < -0.3 is 14.9 Å². The minimum Gasteiger partial charge on any atom is -0.462 e. The minimum absolute atomic E-state index is 0.113. The van der Waals surface area contributed by atoms with Crippen LogP contribution in [-0.2, 0) is 4.74 Å². The first-order valence-electron chi connectivity index (χ1n) is 8.48. The summed E-state index contributed by atoms with van der Waals surface area (Å²) >= 11 is 0. The average Bonchev–Trinajstić information content (AvgIpc) is 2.68. The number of non-ortho nitro benzene ring substituents is 1. The van der Waals surface area contributed by atoms with Gasteiger partial charge in [0.05, 0.1) is 17.1 Å². The van der Waals surface area contributed by atoms with E-state index in [1.807, 2.05) is 0 Å². The highest BCUT2D eigenvalue weighted by Gasteiger charge is 2.12. The largest absolute Gasteiger partial charge is 0.462 e. The third-order valence-electron chi connectivity index (χ3n) is 3.73. The summed E-state index contributed by atoms with van der Waals surface area (Å²) in [6.45, 7) is 3.40. The number of nitrogens with two attached hydrogens (primary N) is 1. The van der Waals surface area contributed by atoms with Gasteiger partial charge in [-0.05, 0) is 50.2 Å². The van der Waals surface area contributed by atoms with Crippen LogP contribution in [0.3, 0.4) is 0 Å². The van der Waals surface area contributed by atoms with Crippen LogP contribution in [0.4, 0.5) is 11.4 Å². The maximum atomic E-state index is 11.4. The molecule has 0 saturated carbocycles. The average molecular weight is 398 g/mol. The van der Waals surface area contributed by atoms with E-state index in [-0.39, 0.29) is 22.8 Å². The molecule has 0 radical (unpaired) electrons. The molecule has 0 fully saturated rings. The molecule has 0 spiro atoms. The lowest BCUT2D eigenvalue weighted by Crippen LogP contribution is -2.10. The van der Waals surface area contributed by atoms with Crippen molar-refractivity contribution in [3.05, 3.63) is 80.2 Å². The molecule has 3 rings (SSSR count). The Bertz CT molecular complexity index is 1120. The SMILES string of the molecule is CC(=O)c1cc2cc([N+](=O)[O-])ccc2oc1=O.CCOC(=O)c1ccc(N)cc1. The molecule has 2 aromatic carbocycles. The van der Waals surface area contributed by atoms with Gasteiger partial charge in [0, 0.05) is 23.2 Å². The molecule has 0 unspecified atom stereocenters. The molecule has 9 heteroatoms. The van der Waals surface area contributed by atoms with Gasteiger partial charge in [-0.15, -0.1) is 0 Å². The highest BCUT2D eigenvalue weighted by Crippen LogP contribution is 2.20. The van der Waals surface area contributed by atoms with Gasteiger partial charge in [-0.1, -0.05) is 0 Å². The number of esters is 1. The molecule has 29 heavy (non-hydrogen) atoms. The second-order valence-corrected chi connectivity index (χ2v) is 5.83. The Morgan fingerprint density at radius 1 is 1.14 bits per heavy atom. The summed E-state index contributed by atoms with van der Waals surface area (Å²) in [4.78, 5) is 43.6. The zero-order valence-corrected chi connectivity index (χ0v) is 15.7. The van der Waals surface area contributed by atoms with Crippen LogP contribution in [-0.4, -0.2) is 23.3 Å². The number of anilines is 1. The van der Waals surface area contributed by atoms with Crippen LogP contribution in [0.15, 0.2) is 57.7 Å². The molecule has 0 bridgehead atoms. The van der Waals surface area contributed by atoms with E-state index in [9.17, 15) is 24.5 Å². The van der Waals surface area contributed by atoms with E-state index in [2.05, 4.69) is 0 Å². The molecule has 0 atom stereocenters. The molecule has 0 saturated heterocycles. The summed E-state index contributed by atoms with van der Waals surface area (Å²) in [5.74, 6) is -0.746. The molecule has 0 aliphatic rings. The number of nitro groups is 1. The lowest BCUT2D eigenvalue weighted by atomic mass is 10.1. The van der Waals surface area contributed by atoms with Crippen molar-refractivity contribution in [3.63, 3.8) is 0 Å². The summed E-state index contributed by atoms with van der Waals surface area (Å²) in [6.07, 6.45) is 0. The summed E-state index contributed by atoms with van der Waals surface area (Å²) in [5, 5.41) is 10.9. The Labute approximate surface area is 164 Å². The van der Waals surface area contributed by atoms with Crippen molar-refractivity contribution >= 4 is 34.1 Å². The number of ether oxygens (including phenoxy) is 1. The van der Waals surface area contributed by atoms with E-state index in [0.29, 0.717) is 23.2 Å². The summed E-state index contributed by atoms with van der Waals surface area (Å²) in [5.41, 5.74) is 5.86. The van der Waals surface area contributed by atoms with Gasteiger partial charge in [0.1, 0.15) is 11.1 Å². The summed E-state index contributed by atoms with van der Waals surface area (Å²) in [7, 11) is 0. The van der Waals surface area contributed by atoms with Crippen LogP contribution >= 0.6 is 0 Å². The second-order valence-electron chi connectivity index (χ2n) is 5.83. The Balaban J connectivity index is 0.000000221. The topological polar surface area (TPSA) is 143 Å². The fourth-order valence-corrected chi connectivity index (χ4v) is 2.30. The van der Waals surface area contributed by atoms with E-state index in [1.165, 1.54) is 31.2 Å². The summed E-state index contributed by atoms with van der Waals surface area (Å²) < 4.78 is 9.68. The molecule has 0 amide bonds. The molecule has 1 aromatic heterocycles. The molecule has 150 valence electrons. The molecule has 2 N–H and O–H groups in total. The predicted molar refractivity (Wildman–Crippen MR) is 106 cm³/mol. The maximum absolute atomic E-state index is 11.4. The molecule has 0 aliphatic heterocycles. The highest BCUT2D eigenvalue weighted by molar-refractivity contribution is 5.96. The van der Waals surface area contributed by atoms with Crippen molar-refractivity contribution in [3.8, 4) is 0 Å². The van der Waals surface area contributed by atoms with Crippen molar-refractivity contribution < 1.29 is 23.7 Å². The normalized spacial score (nSPS) is 10.0. The first kappa shape index (κ1) is 21.3. The standard InChI is InChI=1S/C11H7NO5.C9H11NO2/c1-6(13)9-5-7-4-8(12(15)16)2-3-10(7)17-11(9)14;1-2-12-9(11)7-3-5-8(10)6-4-7/h2-5H,1H3;3-6H,2,10H2,1H3. The van der Waals surface area contributed by atoms with Crippen LogP contribution < -0.4 is 11.4 Å². The van der Waals surface area contributed by atoms with Crippen LogP contribution in [0.2, 0.25) is 0 Å². The number of carbonyl (C=O) groups is 2. The van der Waals surface area contributed by atoms with Gasteiger partial charge in [-0.25, -0.2) is 9.59 Å². The van der Waals surface area contributed by atoms with Gasteiger partial charge in [-0.3, -0.25) is 14.9 Å². The first-order valence-corrected chi connectivity index (χ1v) is 8.48. The van der Waals surface area contributed by atoms with Gasteiger partial charge in [0.15, 0.2) is 5.78 Å². The number of ketones is 1. The van der Waals surface area contributed by atoms with Gasteiger partial charge in [0.25, 0.3) is 5.69 Å². The van der Waals surface area contributed by atoms with Crippen LogP contribution in [0.1, 0.15) is 34.6 Å². The van der Waals surface area contributed by atoms with E-state index in [4.69, 9.17) is 14.9 Å². The Kier molecular flexibility index (Phi) is 6.80. The Morgan fingerprint density at radius 2 is 1.79 bits per heavy atom. The van der Waals surface area contributed by atoms with Crippen molar-refractivity contribution in [1.82, 2.24) is 0 Å². The fourth-order valence-electron chi connectivity index (χ4n) is 2.30. The molecular weight excluding hydrogens is 380 g/mol. The third-order valence-corrected chi connectivity index (χ3v) is 3.73. The van der Waals surface area contributed by atoms with Crippen molar-refractivity contribution in [2.75, 3.05) is 12.3 Å². The van der Waals surface area contributed by atoms with Crippen molar-refractivity contribution in [1.29, 1.82) is 0 Å². The number of hydrogen-bond donors (Lipinski definition) is 1. The van der Waals surface area contributed by atoms with Crippen molar-refractivity contribution in [2.24, 2.45) is 0 Å². The van der Waals surface area contributed by atoms with Crippen LogP contribution in [0.5, 0.6) is 0 Å². The van der Waals surface area contributed by atoms with Gasteiger partial charge >= 0.3 is 11.6 Å². The zero-order chi connectivity index (χ0) is 21.6. The Hall–Kier alpha value is -4.01. The van der Waals surface area contributed by atoms with E-state index < -0.39 is 16.3 Å². The summed E-state index contributed by atoms with van der Waals surface area (Å²) in [6, 6.07) is 11.8. The fraction of sp³-hybridized carbons (Fsp3) is 0.150. The van der Waals surface area contributed by atoms with Gasteiger partial charge in [0.2, 0.25) is 0 Å². The molecule has 3 aromatic rings. The number of hydrogen-bond acceptors (Lipinski definition) is 8. The zero-order valence-electron chi connectivity index (χ0n) is 15.7. The van der Waals surface area contributed by atoms with Crippen LogP contribution in [0, 0.1) is 10.1 Å². The first-order chi connectivity index (χ1) is 13.7. The van der Waals surface area contributed by atoms with E-state index in [1.54, 1.807) is 31.2 Å². The lowest BCUT2D eigenvalue weighted by Gasteiger charge is -2.00. The second kappa shape index (κ2) is 9.27. The van der Waals surface area contributed by atoms with Crippen LogP contribution in [0.25, 0.3) is 11.0 Å². The highest BCUT2D eigenvalue weighted by atomic mass is 16.6. The number of nitrogen functional groups attached to an aromatic ring is 1. The molecule has 0 aliphatic carbocycles. The maximum Gasteiger partial charge on any atom is 0.347 e. The minimum atomic E-state index is -0.737. The number of fused-ring (bicyclic) bond motifs is 1. The van der Waals surface area contributed by atoms with E-state index in [0.717, 1.165) is 0 Å². The molecule has 9 nitrogen and oxygen atoms in total. The quantitative estimate of drug-likeness (QED) is 0.176. The smallest absolute Gasteiger partial charge is 0.347 e. The number of carbonyl (C=O) groups excluding carboxylic acids is 2. The number of rotatable bonds is 4. The van der Waals surface area contributed by atoms with Crippen molar-refractivity contribution in [2.45, 2.75) is 13.8 Å². The number of nitro benzene ring substituents is 1. The third kappa shape index (κ3) is 5.48. The molecular formula is C20H18N2O7. The van der Waals surface area contributed by atoms with Gasteiger partial charge in [-0.2, -0.15) is 0 Å². The van der Waals surface area contributed by atoms with E-state index >= 15 is 0 Å². The lowest BCUT2D eigenvalue weighted by molar-refractivity contribution is -0.384. The number of benzene rings is 2.